The van der Waals surface area contributed by atoms with Crippen molar-refractivity contribution in [2.24, 2.45) is 0 Å². The summed E-state index contributed by atoms with van der Waals surface area (Å²) in [7, 11) is 0. The van der Waals surface area contributed by atoms with Crippen LogP contribution in [0.15, 0.2) is 46.8 Å². The van der Waals surface area contributed by atoms with Gasteiger partial charge < -0.3 is 14.4 Å². The first-order chi connectivity index (χ1) is 13.0. The number of fused-ring (bicyclic) bond motifs is 1. The van der Waals surface area contributed by atoms with E-state index in [1.807, 2.05) is 38.1 Å². The van der Waals surface area contributed by atoms with Gasteiger partial charge in [0.25, 0.3) is 0 Å². The molecule has 0 amide bonds. The van der Waals surface area contributed by atoms with E-state index in [-0.39, 0.29) is 11.9 Å². The van der Waals surface area contributed by atoms with Crippen LogP contribution in [0.4, 0.5) is 0 Å². The maximum absolute atomic E-state index is 13.0. The predicted octanol–water partition coefficient (Wildman–Crippen LogP) is 3.84. The van der Waals surface area contributed by atoms with E-state index in [0.717, 1.165) is 41.9 Å². The lowest BCUT2D eigenvalue weighted by Gasteiger charge is -2.36. The molecule has 2 aliphatic heterocycles. The fourth-order valence-corrected chi connectivity index (χ4v) is 4.13. The molecule has 1 saturated heterocycles. The lowest BCUT2D eigenvalue weighted by Crippen LogP contribution is -2.34. The van der Waals surface area contributed by atoms with Crippen molar-refractivity contribution in [3.63, 3.8) is 0 Å². The van der Waals surface area contributed by atoms with Crippen LogP contribution in [0.3, 0.4) is 0 Å². The lowest BCUT2D eigenvalue weighted by atomic mass is 9.78. The summed E-state index contributed by atoms with van der Waals surface area (Å²) in [6, 6.07) is 7.88. The second kappa shape index (κ2) is 7.99. The van der Waals surface area contributed by atoms with Crippen molar-refractivity contribution in [2.45, 2.75) is 46.5 Å². The lowest BCUT2D eigenvalue weighted by molar-refractivity contribution is -0.139. The average Bonchev–Trinajstić information content (AvgIpc) is 3.12. The second-order valence-electron chi connectivity index (χ2n) is 6.85. The number of aryl methyl sites for hydroxylation is 1. The Morgan fingerprint density at radius 2 is 1.67 bits per heavy atom. The zero-order chi connectivity index (χ0) is 19.6. The normalized spacial score (nSPS) is 19.3. The van der Waals surface area contributed by atoms with Crippen LogP contribution in [0.25, 0.3) is 0 Å². The van der Waals surface area contributed by atoms with Crippen molar-refractivity contribution in [3.05, 3.63) is 57.9 Å². The van der Waals surface area contributed by atoms with E-state index in [0.29, 0.717) is 24.4 Å². The first-order valence-electron chi connectivity index (χ1n) is 9.62. The van der Waals surface area contributed by atoms with E-state index >= 15 is 0 Å². The summed E-state index contributed by atoms with van der Waals surface area (Å²) in [6.07, 6.45) is 1.76. The minimum atomic E-state index is -0.464. The van der Waals surface area contributed by atoms with E-state index in [4.69, 9.17) is 9.47 Å². The van der Waals surface area contributed by atoms with Gasteiger partial charge in [0.15, 0.2) is 0 Å². The summed E-state index contributed by atoms with van der Waals surface area (Å²) >= 11 is 0. The van der Waals surface area contributed by atoms with Gasteiger partial charge in [-0.3, -0.25) is 0 Å². The highest BCUT2D eigenvalue weighted by molar-refractivity contribution is 6.00. The van der Waals surface area contributed by atoms with Gasteiger partial charge in [0, 0.05) is 17.9 Å². The van der Waals surface area contributed by atoms with E-state index in [2.05, 4.69) is 4.90 Å². The molecule has 2 heterocycles. The molecule has 27 heavy (non-hydrogen) atoms. The van der Waals surface area contributed by atoms with Crippen LogP contribution in [0.1, 0.15) is 50.7 Å². The molecule has 5 nitrogen and oxygen atoms in total. The van der Waals surface area contributed by atoms with Crippen LogP contribution in [-0.4, -0.2) is 36.6 Å². The molecule has 0 radical (unpaired) electrons. The van der Waals surface area contributed by atoms with Crippen LogP contribution in [0.2, 0.25) is 0 Å². The molecule has 1 fully saturated rings. The van der Waals surface area contributed by atoms with Gasteiger partial charge in [-0.1, -0.05) is 24.3 Å². The third-order valence-corrected chi connectivity index (χ3v) is 5.29. The average molecular weight is 369 g/mol. The van der Waals surface area contributed by atoms with Crippen LogP contribution < -0.4 is 0 Å². The third kappa shape index (κ3) is 3.38. The van der Waals surface area contributed by atoms with Crippen LogP contribution >= 0.6 is 0 Å². The molecule has 1 aromatic carbocycles. The van der Waals surface area contributed by atoms with Gasteiger partial charge in [0.2, 0.25) is 0 Å². The number of esters is 2. The number of carbonyl (C=O) groups is 2. The highest BCUT2D eigenvalue weighted by Gasteiger charge is 2.43. The quantitative estimate of drug-likeness (QED) is 0.738. The zero-order valence-corrected chi connectivity index (χ0v) is 16.5. The number of nitrogens with zero attached hydrogens (tertiary/aromatic N) is 1. The number of carbonyl (C=O) groups excluding carboxylic acids is 2. The molecule has 0 saturated carbocycles. The fourth-order valence-electron chi connectivity index (χ4n) is 4.13. The molecule has 0 aliphatic carbocycles. The molecule has 1 unspecified atom stereocenters. The number of ether oxygens (including phenoxy) is 2. The van der Waals surface area contributed by atoms with Crippen LogP contribution in [-0.2, 0) is 19.1 Å². The summed E-state index contributed by atoms with van der Waals surface area (Å²) in [4.78, 5) is 28.0. The molecular weight excluding hydrogens is 342 g/mol. The summed E-state index contributed by atoms with van der Waals surface area (Å²) in [5.41, 5.74) is 4.96. The molecule has 5 heteroatoms. The van der Waals surface area contributed by atoms with Crippen molar-refractivity contribution >= 4 is 11.9 Å². The topological polar surface area (TPSA) is 55.8 Å². The molecular formula is C22H27NO4. The van der Waals surface area contributed by atoms with Gasteiger partial charge in [-0.05, 0) is 51.7 Å². The smallest absolute Gasteiger partial charge is 0.336 e. The Hall–Kier alpha value is -2.56. The molecule has 3 rings (SSSR count). The Morgan fingerprint density at radius 1 is 1.04 bits per heavy atom. The van der Waals surface area contributed by atoms with E-state index in [1.165, 1.54) is 0 Å². The second-order valence-corrected chi connectivity index (χ2v) is 6.85. The maximum atomic E-state index is 13.0. The van der Waals surface area contributed by atoms with E-state index in [1.54, 1.807) is 13.8 Å². The molecule has 2 aliphatic rings. The first-order valence-corrected chi connectivity index (χ1v) is 9.62. The number of allylic oxidation sites excluding steroid dienone is 2. The maximum Gasteiger partial charge on any atom is 0.336 e. The zero-order valence-electron chi connectivity index (χ0n) is 16.5. The van der Waals surface area contributed by atoms with Gasteiger partial charge in [-0.2, -0.15) is 0 Å². The Balaban J connectivity index is 2.25. The van der Waals surface area contributed by atoms with Crippen molar-refractivity contribution in [1.82, 2.24) is 4.90 Å². The number of rotatable bonds is 5. The van der Waals surface area contributed by atoms with Crippen molar-refractivity contribution in [3.8, 4) is 0 Å². The summed E-state index contributed by atoms with van der Waals surface area (Å²) < 4.78 is 10.8. The summed E-state index contributed by atoms with van der Waals surface area (Å²) in [6.45, 7) is 8.94. The number of hydrogen-bond acceptors (Lipinski definition) is 5. The Labute approximate surface area is 160 Å². The monoisotopic (exact) mass is 369 g/mol. The van der Waals surface area contributed by atoms with Gasteiger partial charge in [0.1, 0.15) is 0 Å². The van der Waals surface area contributed by atoms with Gasteiger partial charge in [-0.25, -0.2) is 9.59 Å². The Bertz CT molecular complexity index is 821. The molecule has 0 spiro atoms. The van der Waals surface area contributed by atoms with Crippen molar-refractivity contribution in [2.75, 3.05) is 19.8 Å². The van der Waals surface area contributed by atoms with Crippen molar-refractivity contribution < 1.29 is 19.1 Å². The SMILES string of the molecule is CCOC(=O)C1=C(C)N2CCCC2=C(C(=O)OCC)C1c1ccccc1C. The Morgan fingerprint density at radius 3 is 2.30 bits per heavy atom. The highest BCUT2D eigenvalue weighted by atomic mass is 16.5. The van der Waals surface area contributed by atoms with Crippen LogP contribution in [0, 0.1) is 6.92 Å². The standard InChI is InChI=1S/C22H27NO4/c1-5-26-21(24)18-15(4)23-13-9-12-17(23)20(22(25)27-6-2)19(18)16-11-8-7-10-14(16)3/h7-8,10-11,19H,5-6,9,12-13H2,1-4H3. The molecule has 1 atom stereocenters. The highest BCUT2D eigenvalue weighted by Crippen LogP contribution is 2.46. The fraction of sp³-hybridized carbons (Fsp3) is 0.455. The first kappa shape index (κ1) is 19.2. The molecule has 144 valence electrons. The number of benzene rings is 1. The number of hydrogen-bond donors (Lipinski definition) is 0. The molecule has 0 N–H and O–H groups in total. The minimum absolute atomic E-state index is 0.293. The molecule has 1 aromatic rings. The van der Waals surface area contributed by atoms with Crippen molar-refractivity contribution in [1.29, 1.82) is 0 Å². The van der Waals surface area contributed by atoms with Gasteiger partial charge in [0.05, 0.1) is 30.3 Å². The van der Waals surface area contributed by atoms with E-state index < -0.39 is 5.92 Å². The van der Waals surface area contributed by atoms with Gasteiger partial charge >= 0.3 is 11.9 Å². The summed E-state index contributed by atoms with van der Waals surface area (Å²) in [5.74, 6) is -1.17. The van der Waals surface area contributed by atoms with E-state index in [9.17, 15) is 9.59 Å². The summed E-state index contributed by atoms with van der Waals surface area (Å²) in [5, 5.41) is 0. The Kier molecular flexibility index (Phi) is 5.68. The van der Waals surface area contributed by atoms with Gasteiger partial charge in [-0.15, -0.1) is 0 Å². The third-order valence-electron chi connectivity index (χ3n) is 5.29. The molecule has 0 aromatic heterocycles. The largest absolute Gasteiger partial charge is 0.463 e. The minimum Gasteiger partial charge on any atom is -0.463 e. The van der Waals surface area contributed by atoms with Crippen LogP contribution in [0.5, 0.6) is 0 Å². The predicted molar refractivity (Wildman–Crippen MR) is 103 cm³/mol. The molecule has 0 bridgehead atoms.